The first-order chi connectivity index (χ1) is 15.6. The molecule has 2 saturated heterocycles. The van der Waals surface area contributed by atoms with Crippen LogP contribution in [0.15, 0.2) is 48.7 Å². The van der Waals surface area contributed by atoms with Crippen LogP contribution in [-0.2, 0) is 11.3 Å². The lowest BCUT2D eigenvalue weighted by Crippen LogP contribution is -2.52. The summed E-state index contributed by atoms with van der Waals surface area (Å²) in [6, 6.07) is 13.9. The average Bonchev–Trinajstić information content (AvgIpc) is 3.07. The number of rotatable bonds is 5. The molecule has 2 aliphatic rings. The maximum Gasteiger partial charge on any atom is 0.272 e. The maximum atomic E-state index is 13.0. The van der Waals surface area contributed by atoms with Gasteiger partial charge in [0.1, 0.15) is 5.69 Å². The van der Waals surface area contributed by atoms with Gasteiger partial charge >= 0.3 is 0 Å². The third-order valence-corrected chi connectivity index (χ3v) is 6.50. The lowest BCUT2D eigenvalue weighted by atomic mass is 10.1. The highest BCUT2D eigenvalue weighted by Gasteiger charge is 2.26. The predicted molar refractivity (Wildman–Crippen MR) is 124 cm³/mol. The number of aromatic nitrogens is 1. The number of hydrogen-bond acceptors (Lipinski definition) is 5. The number of aryl methyl sites for hydroxylation is 1. The first-order valence-electron chi connectivity index (χ1n) is 11.6. The van der Waals surface area contributed by atoms with Gasteiger partial charge in [-0.3, -0.25) is 24.4 Å². The summed E-state index contributed by atoms with van der Waals surface area (Å²) < 4.78 is 0. The highest BCUT2D eigenvalue weighted by atomic mass is 16.2. The standard InChI is InChI=1S/C25H33N5O2/c1-21-7-2-3-8-22(21)19-27-11-6-12-29(16-13-27)24(31)20-28-14-17-30(18-15-28)25(32)23-9-4-5-10-26-23/h2-5,7-10H,6,11-20H2,1H3. The molecule has 4 rings (SSSR count). The summed E-state index contributed by atoms with van der Waals surface area (Å²) in [4.78, 5) is 38.1. The Morgan fingerprint density at radius 1 is 0.812 bits per heavy atom. The van der Waals surface area contributed by atoms with Gasteiger partial charge in [0, 0.05) is 65.1 Å². The second-order valence-corrected chi connectivity index (χ2v) is 8.72. The number of pyridine rings is 1. The minimum Gasteiger partial charge on any atom is -0.340 e. The Morgan fingerprint density at radius 2 is 1.53 bits per heavy atom. The van der Waals surface area contributed by atoms with Crippen molar-refractivity contribution in [1.29, 1.82) is 0 Å². The molecule has 32 heavy (non-hydrogen) atoms. The van der Waals surface area contributed by atoms with Gasteiger partial charge in [-0.2, -0.15) is 0 Å². The summed E-state index contributed by atoms with van der Waals surface area (Å²) in [6.45, 7) is 9.77. The zero-order valence-corrected chi connectivity index (χ0v) is 18.9. The van der Waals surface area contributed by atoms with E-state index in [0.29, 0.717) is 25.3 Å². The summed E-state index contributed by atoms with van der Waals surface area (Å²) in [6.07, 6.45) is 2.65. The summed E-state index contributed by atoms with van der Waals surface area (Å²) in [5.74, 6) is 0.171. The van der Waals surface area contributed by atoms with Crippen LogP contribution in [0.5, 0.6) is 0 Å². The quantitative estimate of drug-likeness (QED) is 0.718. The third kappa shape index (κ3) is 5.72. The van der Waals surface area contributed by atoms with Crippen molar-refractivity contribution >= 4 is 11.8 Å². The lowest BCUT2D eigenvalue weighted by molar-refractivity contribution is -0.132. The Balaban J connectivity index is 1.22. The predicted octanol–water partition coefficient (Wildman–Crippen LogP) is 1.88. The molecule has 0 spiro atoms. The second-order valence-electron chi connectivity index (χ2n) is 8.72. The molecule has 1 aromatic heterocycles. The Kier molecular flexibility index (Phi) is 7.50. The van der Waals surface area contributed by atoms with E-state index in [9.17, 15) is 9.59 Å². The SMILES string of the molecule is Cc1ccccc1CN1CCCN(C(=O)CN2CCN(C(=O)c3ccccn3)CC2)CC1. The largest absolute Gasteiger partial charge is 0.340 e. The lowest BCUT2D eigenvalue weighted by Gasteiger charge is -2.35. The van der Waals surface area contributed by atoms with Crippen LogP contribution in [-0.4, -0.2) is 95.3 Å². The van der Waals surface area contributed by atoms with Crippen LogP contribution in [0, 0.1) is 6.92 Å². The number of piperazine rings is 1. The van der Waals surface area contributed by atoms with E-state index in [1.807, 2.05) is 21.9 Å². The van der Waals surface area contributed by atoms with Crippen molar-refractivity contribution in [3.8, 4) is 0 Å². The van der Waals surface area contributed by atoms with Crippen molar-refractivity contribution in [1.82, 2.24) is 24.6 Å². The van der Waals surface area contributed by atoms with Crippen LogP contribution < -0.4 is 0 Å². The minimum absolute atomic E-state index is 0.0298. The molecule has 2 aliphatic heterocycles. The molecular weight excluding hydrogens is 402 g/mol. The molecule has 0 N–H and O–H groups in total. The maximum absolute atomic E-state index is 13.0. The van der Waals surface area contributed by atoms with Gasteiger partial charge in [-0.15, -0.1) is 0 Å². The monoisotopic (exact) mass is 435 g/mol. The Labute approximate surface area is 190 Å². The van der Waals surface area contributed by atoms with E-state index >= 15 is 0 Å². The molecule has 7 nitrogen and oxygen atoms in total. The number of nitrogens with zero attached hydrogens (tertiary/aromatic N) is 5. The zero-order valence-electron chi connectivity index (χ0n) is 18.9. The molecule has 2 fully saturated rings. The molecule has 3 heterocycles. The molecule has 0 radical (unpaired) electrons. The van der Waals surface area contributed by atoms with E-state index in [1.54, 1.807) is 12.3 Å². The van der Waals surface area contributed by atoms with E-state index in [1.165, 1.54) is 11.1 Å². The molecule has 2 amide bonds. The highest BCUT2D eigenvalue weighted by Crippen LogP contribution is 2.13. The third-order valence-electron chi connectivity index (χ3n) is 6.50. The summed E-state index contributed by atoms with van der Waals surface area (Å²) in [7, 11) is 0. The van der Waals surface area contributed by atoms with Gasteiger partial charge < -0.3 is 9.80 Å². The number of amides is 2. The zero-order chi connectivity index (χ0) is 22.3. The van der Waals surface area contributed by atoms with Gasteiger partial charge in [0.2, 0.25) is 5.91 Å². The normalized spacial score (nSPS) is 18.4. The van der Waals surface area contributed by atoms with Crippen LogP contribution in [0.1, 0.15) is 28.0 Å². The molecule has 0 atom stereocenters. The van der Waals surface area contributed by atoms with Gasteiger partial charge in [0.25, 0.3) is 5.91 Å². The smallest absolute Gasteiger partial charge is 0.272 e. The van der Waals surface area contributed by atoms with Crippen molar-refractivity contribution in [2.45, 2.75) is 19.9 Å². The van der Waals surface area contributed by atoms with Crippen molar-refractivity contribution in [3.63, 3.8) is 0 Å². The molecule has 170 valence electrons. The molecule has 0 saturated carbocycles. The molecule has 0 bridgehead atoms. The summed E-state index contributed by atoms with van der Waals surface area (Å²) in [5, 5.41) is 0. The minimum atomic E-state index is -0.0298. The van der Waals surface area contributed by atoms with Crippen LogP contribution in [0.2, 0.25) is 0 Å². The van der Waals surface area contributed by atoms with E-state index in [0.717, 1.165) is 52.2 Å². The fraction of sp³-hybridized carbons (Fsp3) is 0.480. The van der Waals surface area contributed by atoms with Crippen LogP contribution in [0.4, 0.5) is 0 Å². The number of benzene rings is 1. The van der Waals surface area contributed by atoms with Crippen molar-refractivity contribution in [2.24, 2.45) is 0 Å². The van der Waals surface area contributed by atoms with Crippen molar-refractivity contribution in [2.75, 3.05) is 58.9 Å². The van der Waals surface area contributed by atoms with Gasteiger partial charge in [0.15, 0.2) is 0 Å². The molecule has 0 unspecified atom stereocenters. The van der Waals surface area contributed by atoms with E-state index < -0.39 is 0 Å². The van der Waals surface area contributed by atoms with E-state index in [2.05, 4.69) is 46.0 Å². The van der Waals surface area contributed by atoms with Crippen LogP contribution in [0.3, 0.4) is 0 Å². The fourth-order valence-corrected chi connectivity index (χ4v) is 4.46. The highest BCUT2D eigenvalue weighted by molar-refractivity contribution is 5.92. The topological polar surface area (TPSA) is 60.0 Å². The average molecular weight is 436 g/mol. The van der Waals surface area contributed by atoms with Gasteiger partial charge in [0.05, 0.1) is 6.54 Å². The number of carbonyl (C=O) groups excluding carboxylic acids is 2. The van der Waals surface area contributed by atoms with Gasteiger partial charge in [-0.05, 0) is 36.6 Å². The molecule has 0 aliphatic carbocycles. The van der Waals surface area contributed by atoms with E-state index in [4.69, 9.17) is 0 Å². The Morgan fingerprint density at radius 3 is 2.28 bits per heavy atom. The van der Waals surface area contributed by atoms with E-state index in [-0.39, 0.29) is 11.8 Å². The molecule has 7 heteroatoms. The van der Waals surface area contributed by atoms with Gasteiger partial charge in [-0.1, -0.05) is 30.3 Å². The number of carbonyl (C=O) groups is 2. The Hall–Kier alpha value is -2.77. The summed E-state index contributed by atoms with van der Waals surface area (Å²) >= 11 is 0. The second kappa shape index (κ2) is 10.7. The van der Waals surface area contributed by atoms with Gasteiger partial charge in [-0.25, -0.2) is 0 Å². The van der Waals surface area contributed by atoms with Crippen molar-refractivity contribution < 1.29 is 9.59 Å². The first-order valence-corrected chi connectivity index (χ1v) is 11.6. The molecule has 2 aromatic rings. The number of hydrogen-bond donors (Lipinski definition) is 0. The van der Waals surface area contributed by atoms with Crippen molar-refractivity contribution in [3.05, 3.63) is 65.5 Å². The first kappa shape index (κ1) is 22.4. The summed E-state index contributed by atoms with van der Waals surface area (Å²) in [5.41, 5.74) is 3.17. The molecule has 1 aromatic carbocycles. The van der Waals surface area contributed by atoms with Crippen LogP contribution >= 0.6 is 0 Å². The van der Waals surface area contributed by atoms with Crippen LogP contribution in [0.25, 0.3) is 0 Å². The molecular formula is C25H33N5O2. The Bertz CT molecular complexity index is 912. The fourth-order valence-electron chi connectivity index (χ4n) is 4.46.